The van der Waals surface area contributed by atoms with Gasteiger partial charge in [-0.3, -0.25) is 9.48 Å². The largest absolute Gasteiger partial charge is 0.434 e. The van der Waals surface area contributed by atoms with Crippen LogP contribution in [0.2, 0.25) is 0 Å². The Hall–Kier alpha value is -2.19. The van der Waals surface area contributed by atoms with Gasteiger partial charge in [0.15, 0.2) is 0 Å². The maximum atomic E-state index is 12.7. The highest BCUT2D eigenvalue weighted by molar-refractivity contribution is 5.85. The van der Waals surface area contributed by atoms with Gasteiger partial charge in [-0.15, -0.1) is 12.4 Å². The number of hydrogen-bond acceptors (Lipinski definition) is 4. The maximum absolute atomic E-state index is 12.7. The summed E-state index contributed by atoms with van der Waals surface area (Å²) in [6.07, 6.45) is 3.68. The molecule has 0 unspecified atom stereocenters. The second-order valence-corrected chi connectivity index (χ2v) is 6.53. The lowest BCUT2D eigenvalue weighted by molar-refractivity contribution is -0.125. The lowest BCUT2D eigenvalue weighted by Crippen LogP contribution is -2.34. The molecular formula is C18H23ClF2N4O2. The van der Waals surface area contributed by atoms with Crippen LogP contribution < -0.4 is 15.4 Å². The van der Waals surface area contributed by atoms with Crippen molar-refractivity contribution in [2.24, 2.45) is 13.0 Å². The highest BCUT2D eigenvalue weighted by Gasteiger charge is 2.34. The zero-order chi connectivity index (χ0) is 18.7. The van der Waals surface area contributed by atoms with Gasteiger partial charge in [-0.05, 0) is 18.6 Å². The van der Waals surface area contributed by atoms with E-state index < -0.39 is 6.61 Å². The van der Waals surface area contributed by atoms with Crippen molar-refractivity contribution >= 4 is 18.3 Å². The molecule has 1 amide bonds. The lowest BCUT2D eigenvalue weighted by Gasteiger charge is -2.18. The van der Waals surface area contributed by atoms with E-state index in [0.717, 1.165) is 11.1 Å². The van der Waals surface area contributed by atoms with Crippen LogP contribution in [0, 0.1) is 12.8 Å². The summed E-state index contributed by atoms with van der Waals surface area (Å²) in [6, 6.07) is 4.93. The van der Waals surface area contributed by atoms with Crippen molar-refractivity contribution in [3.05, 3.63) is 47.3 Å². The molecule has 9 heteroatoms. The van der Waals surface area contributed by atoms with E-state index in [1.807, 2.05) is 20.2 Å². The number of carbonyl (C=O) groups is 1. The van der Waals surface area contributed by atoms with Gasteiger partial charge in [-0.2, -0.15) is 13.9 Å². The zero-order valence-corrected chi connectivity index (χ0v) is 15.9. The van der Waals surface area contributed by atoms with Crippen molar-refractivity contribution in [3.63, 3.8) is 0 Å². The van der Waals surface area contributed by atoms with Crippen molar-refractivity contribution < 1.29 is 18.3 Å². The van der Waals surface area contributed by atoms with E-state index in [2.05, 4.69) is 20.5 Å². The first-order valence-corrected chi connectivity index (χ1v) is 8.45. The first-order chi connectivity index (χ1) is 12.4. The minimum atomic E-state index is -2.90. The maximum Gasteiger partial charge on any atom is 0.387 e. The van der Waals surface area contributed by atoms with Gasteiger partial charge in [0.05, 0.1) is 12.1 Å². The number of aryl methyl sites for hydroxylation is 2. The Morgan fingerprint density at radius 1 is 1.44 bits per heavy atom. The molecular weight excluding hydrogens is 378 g/mol. The average molecular weight is 401 g/mol. The fourth-order valence-corrected chi connectivity index (χ4v) is 3.31. The third-order valence-corrected chi connectivity index (χ3v) is 4.59. The molecule has 2 heterocycles. The molecule has 0 radical (unpaired) electrons. The normalized spacial score (nSPS) is 19.0. The molecule has 3 rings (SSSR count). The van der Waals surface area contributed by atoms with Crippen LogP contribution in [0.5, 0.6) is 5.75 Å². The number of hydrogen-bond donors (Lipinski definition) is 2. The van der Waals surface area contributed by atoms with Crippen LogP contribution in [0.15, 0.2) is 30.6 Å². The van der Waals surface area contributed by atoms with Crippen molar-refractivity contribution in [2.75, 3.05) is 13.1 Å². The second kappa shape index (κ2) is 9.14. The van der Waals surface area contributed by atoms with Gasteiger partial charge in [-0.1, -0.05) is 17.7 Å². The molecule has 27 heavy (non-hydrogen) atoms. The van der Waals surface area contributed by atoms with Crippen LogP contribution >= 0.6 is 12.4 Å². The van der Waals surface area contributed by atoms with E-state index >= 15 is 0 Å². The predicted molar refractivity (Wildman–Crippen MR) is 99.2 cm³/mol. The topological polar surface area (TPSA) is 68.2 Å². The van der Waals surface area contributed by atoms with Crippen LogP contribution in [0.4, 0.5) is 8.78 Å². The molecule has 1 aromatic heterocycles. The van der Waals surface area contributed by atoms with E-state index in [0.29, 0.717) is 18.7 Å². The molecule has 0 spiro atoms. The SMILES string of the molecule is Cc1ccc(OC(F)F)c(CNC(=O)[C@H]2CNC[C@@H]2c2cnn(C)c2)c1.Cl. The van der Waals surface area contributed by atoms with Crippen LogP contribution in [0.3, 0.4) is 0 Å². The predicted octanol–water partition coefficient (Wildman–Crippen LogP) is 2.37. The Kier molecular flexibility index (Phi) is 7.15. The molecule has 1 aliphatic rings. The Bertz CT molecular complexity index is 784. The third-order valence-electron chi connectivity index (χ3n) is 4.59. The summed E-state index contributed by atoms with van der Waals surface area (Å²) in [5.74, 6) is -0.228. The first kappa shape index (κ1) is 21.1. The van der Waals surface area contributed by atoms with Gasteiger partial charge in [0.1, 0.15) is 5.75 Å². The molecule has 2 N–H and O–H groups in total. The first-order valence-electron chi connectivity index (χ1n) is 8.45. The quantitative estimate of drug-likeness (QED) is 0.781. The van der Waals surface area contributed by atoms with Crippen molar-refractivity contribution in [3.8, 4) is 5.75 Å². The number of nitrogens with zero attached hydrogens (tertiary/aromatic N) is 2. The number of ether oxygens (including phenoxy) is 1. The highest BCUT2D eigenvalue weighted by atomic mass is 35.5. The molecule has 1 aromatic carbocycles. The molecule has 1 saturated heterocycles. The van der Waals surface area contributed by atoms with Crippen LogP contribution in [0.1, 0.15) is 22.6 Å². The molecule has 0 bridgehead atoms. The molecule has 0 aliphatic carbocycles. The van der Waals surface area contributed by atoms with Crippen molar-refractivity contribution in [1.29, 1.82) is 0 Å². The Labute approximate surface area is 162 Å². The van der Waals surface area contributed by atoms with Gasteiger partial charge in [0.25, 0.3) is 0 Å². The molecule has 2 aromatic rings. The zero-order valence-electron chi connectivity index (χ0n) is 15.1. The number of halogens is 3. The van der Waals surface area contributed by atoms with Gasteiger partial charge < -0.3 is 15.4 Å². The highest BCUT2D eigenvalue weighted by Crippen LogP contribution is 2.28. The van der Waals surface area contributed by atoms with Gasteiger partial charge in [-0.25, -0.2) is 0 Å². The van der Waals surface area contributed by atoms with Crippen molar-refractivity contribution in [1.82, 2.24) is 20.4 Å². The molecule has 1 aliphatic heterocycles. The van der Waals surface area contributed by atoms with Crippen molar-refractivity contribution in [2.45, 2.75) is 26.0 Å². The molecule has 2 atom stereocenters. The summed E-state index contributed by atoms with van der Waals surface area (Å²) in [7, 11) is 1.84. The number of aromatic nitrogens is 2. The summed E-state index contributed by atoms with van der Waals surface area (Å²) in [6.45, 7) is 0.365. The van der Waals surface area contributed by atoms with Crippen LogP contribution in [0.25, 0.3) is 0 Å². The van der Waals surface area contributed by atoms with E-state index in [1.165, 1.54) is 6.07 Å². The lowest BCUT2D eigenvalue weighted by atomic mass is 9.90. The van der Waals surface area contributed by atoms with Crippen LogP contribution in [-0.4, -0.2) is 35.4 Å². The number of rotatable bonds is 6. The number of benzene rings is 1. The standard InChI is InChI=1S/C18H22F2N4O2.ClH/c1-11-3-4-16(26-18(19)20)12(5-11)6-22-17(25)15-9-21-8-14(15)13-7-23-24(2)10-13;/h3-5,7,10,14-15,18,21H,6,8-9H2,1-2H3,(H,22,25);1H/t14-,15+;/m1./s1. The van der Waals surface area contributed by atoms with E-state index in [4.69, 9.17) is 0 Å². The summed E-state index contributed by atoms with van der Waals surface area (Å²) in [5.41, 5.74) is 2.45. The summed E-state index contributed by atoms with van der Waals surface area (Å²) >= 11 is 0. The molecule has 6 nitrogen and oxygen atoms in total. The van der Waals surface area contributed by atoms with E-state index in [-0.39, 0.29) is 42.4 Å². The minimum Gasteiger partial charge on any atom is -0.434 e. The van der Waals surface area contributed by atoms with Crippen LogP contribution in [-0.2, 0) is 18.4 Å². The number of amides is 1. The average Bonchev–Trinajstić information content (AvgIpc) is 3.23. The van der Waals surface area contributed by atoms with Gasteiger partial charge in [0.2, 0.25) is 5.91 Å². The Morgan fingerprint density at radius 2 is 2.22 bits per heavy atom. The molecule has 1 fully saturated rings. The Balaban J connectivity index is 0.00000261. The summed E-state index contributed by atoms with van der Waals surface area (Å²) in [5, 5.41) is 10.3. The molecule has 148 valence electrons. The van der Waals surface area contributed by atoms with E-state index in [9.17, 15) is 13.6 Å². The van der Waals surface area contributed by atoms with Gasteiger partial charge >= 0.3 is 6.61 Å². The fraction of sp³-hybridized carbons (Fsp3) is 0.444. The number of nitrogens with one attached hydrogen (secondary N) is 2. The third kappa shape index (κ3) is 5.17. The molecule has 0 saturated carbocycles. The summed E-state index contributed by atoms with van der Waals surface area (Å²) in [4.78, 5) is 12.7. The second-order valence-electron chi connectivity index (χ2n) is 6.53. The van der Waals surface area contributed by atoms with E-state index in [1.54, 1.807) is 23.0 Å². The number of carbonyl (C=O) groups excluding carboxylic acids is 1. The smallest absolute Gasteiger partial charge is 0.387 e. The minimum absolute atomic E-state index is 0. The number of alkyl halides is 2. The fourth-order valence-electron chi connectivity index (χ4n) is 3.31. The Morgan fingerprint density at radius 3 is 2.89 bits per heavy atom. The van der Waals surface area contributed by atoms with Gasteiger partial charge in [0, 0.05) is 44.4 Å². The summed E-state index contributed by atoms with van der Waals surface area (Å²) < 4.78 is 31.4. The monoisotopic (exact) mass is 400 g/mol.